The van der Waals surface area contributed by atoms with E-state index in [0.717, 1.165) is 5.56 Å². The summed E-state index contributed by atoms with van der Waals surface area (Å²) in [5, 5.41) is 13.8. The van der Waals surface area contributed by atoms with Gasteiger partial charge < -0.3 is 15.6 Å². The molecule has 1 heterocycles. The van der Waals surface area contributed by atoms with Crippen LogP contribution in [-0.4, -0.2) is 12.2 Å². The Labute approximate surface area is 98.1 Å². The average Bonchev–Trinajstić information content (AvgIpc) is 2.81. The first kappa shape index (κ1) is 11.0. The number of phenols is 1. The lowest BCUT2D eigenvalue weighted by Crippen LogP contribution is -2.12. The number of nitrogens with two attached hydrogens (primary N) is 1. The quantitative estimate of drug-likeness (QED) is 0.859. The highest BCUT2D eigenvalue weighted by molar-refractivity contribution is 7.08. The molecule has 0 amide bonds. The second-order valence-corrected chi connectivity index (χ2v) is 4.21. The molecule has 0 saturated carbocycles. The zero-order chi connectivity index (χ0) is 11.5. The molecule has 16 heavy (non-hydrogen) atoms. The molecule has 1 atom stereocenters. The molecular weight excluding hydrogens is 222 g/mol. The van der Waals surface area contributed by atoms with E-state index >= 15 is 0 Å². The summed E-state index contributed by atoms with van der Waals surface area (Å²) in [4.78, 5) is 0. The third-order valence-corrected chi connectivity index (χ3v) is 3.18. The molecule has 0 aliphatic heterocycles. The van der Waals surface area contributed by atoms with Gasteiger partial charge in [-0.2, -0.15) is 11.3 Å². The predicted molar refractivity (Wildman–Crippen MR) is 65.0 cm³/mol. The Balaban J connectivity index is 2.47. The van der Waals surface area contributed by atoms with E-state index in [9.17, 15) is 5.11 Å². The van der Waals surface area contributed by atoms with Crippen molar-refractivity contribution in [3.8, 4) is 11.5 Å². The van der Waals surface area contributed by atoms with E-state index in [1.165, 1.54) is 0 Å². The Hall–Kier alpha value is -1.52. The first-order valence-corrected chi connectivity index (χ1v) is 5.82. The van der Waals surface area contributed by atoms with Crippen molar-refractivity contribution < 1.29 is 9.84 Å². The fourth-order valence-corrected chi connectivity index (χ4v) is 2.34. The average molecular weight is 235 g/mol. The van der Waals surface area contributed by atoms with Crippen molar-refractivity contribution in [2.24, 2.45) is 5.73 Å². The van der Waals surface area contributed by atoms with Crippen molar-refractivity contribution >= 4 is 11.3 Å². The standard InChI is InChI=1S/C12H13NO2S/c1-15-10-4-2-3-9(14)11(10)12(13)8-5-6-16-7-8/h2-7,12,14H,13H2,1H3/t12-/m0/s1. The van der Waals surface area contributed by atoms with Gasteiger partial charge in [0.05, 0.1) is 18.7 Å². The molecule has 3 N–H and O–H groups in total. The van der Waals surface area contributed by atoms with Gasteiger partial charge in [-0.25, -0.2) is 0 Å². The Morgan fingerprint density at radius 1 is 1.38 bits per heavy atom. The SMILES string of the molecule is COc1cccc(O)c1[C@@H](N)c1ccsc1. The van der Waals surface area contributed by atoms with Gasteiger partial charge in [0.1, 0.15) is 11.5 Å². The van der Waals surface area contributed by atoms with E-state index in [-0.39, 0.29) is 11.8 Å². The van der Waals surface area contributed by atoms with Crippen LogP contribution in [0.3, 0.4) is 0 Å². The second kappa shape index (κ2) is 4.55. The highest BCUT2D eigenvalue weighted by Crippen LogP contribution is 2.35. The number of hydrogen-bond acceptors (Lipinski definition) is 4. The van der Waals surface area contributed by atoms with Gasteiger partial charge in [-0.3, -0.25) is 0 Å². The minimum absolute atomic E-state index is 0.165. The zero-order valence-electron chi connectivity index (χ0n) is 8.88. The fraction of sp³-hybridized carbons (Fsp3) is 0.167. The third kappa shape index (κ3) is 1.89. The highest BCUT2D eigenvalue weighted by Gasteiger charge is 2.18. The van der Waals surface area contributed by atoms with Gasteiger partial charge in [0, 0.05) is 0 Å². The van der Waals surface area contributed by atoms with Crippen LogP contribution in [-0.2, 0) is 0 Å². The van der Waals surface area contributed by atoms with E-state index in [4.69, 9.17) is 10.5 Å². The molecule has 0 aliphatic carbocycles. The largest absolute Gasteiger partial charge is 0.507 e. The molecule has 2 rings (SSSR count). The van der Waals surface area contributed by atoms with Crippen LogP contribution in [0.1, 0.15) is 17.2 Å². The summed E-state index contributed by atoms with van der Waals surface area (Å²) in [5.74, 6) is 0.775. The van der Waals surface area contributed by atoms with Crippen LogP contribution in [0.4, 0.5) is 0 Å². The minimum atomic E-state index is -0.359. The molecular formula is C12H13NO2S. The monoisotopic (exact) mass is 235 g/mol. The Morgan fingerprint density at radius 2 is 2.19 bits per heavy atom. The molecule has 0 unspecified atom stereocenters. The predicted octanol–water partition coefficient (Wildman–Crippen LogP) is 2.51. The van der Waals surface area contributed by atoms with Crippen molar-refractivity contribution in [1.82, 2.24) is 0 Å². The molecule has 0 fully saturated rings. The topological polar surface area (TPSA) is 55.5 Å². The lowest BCUT2D eigenvalue weighted by atomic mass is 10.0. The van der Waals surface area contributed by atoms with Crippen molar-refractivity contribution in [2.45, 2.75) is 6.04 Å². The number of rotatable bonds is 3. The molecule has 0 spiro atoms. The second-order valence-electron chi connectivity index (χ2n) is 3.43. The lowest BCUT2D eigenvalue weighted by Gasteiger charge is -2.16. The first-order chi connectivity index (χ1) is 7.74. The van der Waals surface area contributed by atoms with Gasteiger partial charge in [0.2, 0.25) is 0 Å². The zero-order valence-corrected chi connectivity index (χ0v) is 9.70. The number of phenolic OH excluding ortho intramolecular Hbond substituents is 1. The number of hydrogen-bond donors (Lipinski definition) is 2. The smallest absolute Gasteiger partial charge is 0.127 e. The van der Waals surface area contributed by atoms with E-state index < -0.39 is 0 Å². The Kier molecular flexibility index (Phi) is 3.12. The van der Waals surface area contributed by atoms with E-state index in [0.29, 0.717) is 11.3 Å². The van der Waals surface area contributed by atoms with Crippen LogP contribution in [0.2, 0.25) is 0 Å². The molecule has 0 saturated heterocycles. The maximum absolute atomic E-state index is 9.84. The lowest BCUT2D eigenvalue weighted by molar-refractivity contribution is 0.397. The minimum Gasteiger partial charge on any atom is -0.507 e. The van der Waals surface area contributed by atoms with Crippen molar-refractivity contribution in [3.63, 3.8) is 0 Å². The van der Waals surface area contributed by atoms with Crippen molar-refractivity contribution in [1.29, 1.82) is 0 Å². The number of ether oxygens (including phenoxy) is 1. The number of thiophene rings is 1. The van der Waals surface area contributed by atoms with E-state index in [1.54, 1.807) is 36.6 Å². The highest BCUT2D eigenvalue weighted by atomic mass is 32.1. The maximum Gasteiger partial charge on any atom is 0.127 e. The van der Waals surface area contributed by atoms with Crippen molar-refractivity contribution in [3.05, 3.63) is 46.2 Å². The van der Waals surface area contributed by atoms with Gasteiger partial charge in [0.25, 0.3) is 0 Å². The molecule has 0 aliphatic rings. The third-order valence-electron chi connectivity index (χ3n) is 2.48. The molecule has 0 bridgehead atoms. The van der Waals surface area contributed by atoms with Gasteiger partial charge in [-0.1, -0.05) is 6.07 Å². The van der Waals surface area contributed by atoms with Gasteiger partial charge in [0.15, 0.2) is 0 Å². The van der Waals surface area contributed by atoms with Crippen LogP contribution in [0, 0.1) is 0 Å². The molecule has 2 aromatic rings. The molecule has 4 heteroatoms. The van der Waals surface area contributed by atoms with Gasteiger partial charge >= 0.3 is 0 Å². The van der Waals surface area contributed by atoms with E-state index in [1.807, 2.05) is 16.8 Å². The summed E-state index contributed by atoms with van der Waals surface area (Å²) in [6.07, 6.45) is 0. The van der Waals surface area contributed by atoms with Crippen LogP contribution in [0.25, 0.3) is 0 Å². The van der Waals surface area contributed by atoms with E-state index in [2.05, 4.69) is 0 Å². The Morgan fingerprint density at radius 3 is 2.81 bits per heavy atom. The number of benzene rings is 1. The fourth-order valence-electron chi connectivity index (χ4n) is 1.64. The Bertz CT molecular complexity index is 468. The summed E-state index contributed by atoms with van der Waals surface area (Å²) in [7, 11) is 1.57. The summed E-state index contributed by atoms with van der Waals surface area (Å²) >= 11 is 1.58. The molecule has 3 nitrogen and oxygen atoms in total. The van der Waals surface area contributed by atoms with Crippen LogP contribution in [0.15, 0.2) is 35.0 Å². The normalized spacial score (nSPS) is 12.4. The molecule has 1 aromatic carbocycles. The summed E-state index contributed by atoms with van der Waals surface area (Å²) in [5.41, 5.74) is 7.71. The first-order valence-electron chi connectivity index (χ1n) is 4.87. The van der Waals surface area contributed by atoms with Gasteiger partial charge in [-0.15, -0.1) is 0 Å². The van der Waals surface area contributed by atoms with Crippen LogP contribution in [0.5, 0.6) is 11.5 Å². The van der Waals surface area contributed by atoms with Crippen LogP contribution >= 0.6 is 11.3 Å². The molecule has 1 aromatic heterocycles. The summed E-state index contributed by atoms with van der Waals surface area (Å²) < 4.78 is 5.21. The number of methoxy groups -OCH3 is 1. The summed E-state index contributed by atoms with van der Waals surface area (Å²) in [6.45, 7) is 0. The summed E-state index contributed by atoms with van der Waals surface area (Å²) in [6, 6.07) is 6.73. The maximum atomic E-state index is 9.84. The molecule has 0 radical (unpaired) electrons. The van der Waals surface area contributed by atoms with Crippen molar-refractivity contribution in [2.75, 3.05) is 7.11 Å². The number of aromatic hydroxyl groups is 1. The van der Waals surface area contributed by atoms with Crippen LogP contribution < -0.4 is 10.5 Å². The van der Waals surface area contributed by atoms with Gasteiger partial charge in [-0.05, 0) is 34.5 Å². The molecule has 84 valence electrons.